The molecule has 0 heterocycles. The Kier molecular flexibility index (Phi) is 4.55. The van der Waals surface area contributed by atoms with E-state index in [1.165, 1.54) is 0 Å². The van der Waals surface area contributed by atoms with E-state index in [9.17, 15) is 9.59 Å². The van der Waals surface area contributed by atoms with Gasteiger partial charge in [0.25, 0.3) is 0 Å². The monoisotopic (exact) mass is 262 g/mol. The van der Waals surface area contributed by atoms with Crippen LogP contribution in [0.25, 0.3) is 0 Å². The van der Waals surface area contributed by atoms with E-state index >= 15 is 0 Å². The molecule has 0 aliphatic heterocycles. The van der Waals surface area contributed by atoms with Gasteiger partial charge in [-0.2, -0.15) is 0 Å². The van der Waals surface area contributed by atoms with E-state index in [2.05, 4.69) is 0 Å². The van der Waals surface area contributed by atoms with Crippen molar-refractivity contribution in [3.05, 3.63) is 35.9 Å². The summed E-state index contributed by atoms with van der Waals surface area (Å²) in [6.45, 7) is 2.46. The van der Waals surface area contributed by atoms with Gasteiger partial charge < -0.3 is 9.47 Å². The van der Waals surface area contributed by atoms with E-state index in [-0.39, 0.29) is 30.4 Å². The molecule has 1 aromatic rings. The van der Waals surface area contributed by atoms with E-state index in [1.807, 2.05) is 30.3 Å². The van der Waals surface area contributed by atoms with Crippen LogP contribution in [0.1, 0.15) is 25.3 Å². The number of esters is 2. The Morgan fingerprint density at radius 1 is 1.21 bits per heavy atom. The number of carbonyl (C=O) groups is 2. The summed E-state index contributed by atoms with van der Waals surface area (Å²) >= 11 is 0. The van der Waals surface area contributed by atoms with Crippen molar-refractivity contribution in [3.8, 4) is 0 Å². The van der Waals surface area contributed by atoms with Gasteiger partial charge in [-0.15, -0.1) is 0 Å². The van der Waals surface area contributed by atoms with Gasteiger partial charge in [0.2, 0.25) is 0 Å². The molecule has 2 rings (SSSR count). The predicted octanol–water partition coefficient (Wildman–Crippen LogP) is 2.32. The predicted molar refractivity (Wildman–Crippen MR) is 69.1 cm³/mol. The third kappa shape index (κ3) is 4.09. The molecule has 0 unspecified atom stereocenters. The first-order valence-corrected chi connectivity index (χ1v) is 6.57. The Morgan fingerprint density at radius 2 is 1.95 bits per heavy atom. The van der Waals surface area contributed by atoms with Gasteiger partial charge in [0, 0.05) is 6.42 Å². The molecule has 19 heavy (non-hydrogen) atoms. The number of rotatable bonds is 6. The highest BCUT2D eigenvalue weighted by molar-refractivity contribution is 5.78. The van der Waals surface area contributed by atoms with Crippen molar-refractivity contribution in [1.29, 1.82) is 0 Å². The second kappa shape index (κ2) is 6.36. The van der Waals surface area contributed by atoms with Crippen molar-refractivity contribution in [3.63, 3.8) is 0 Å². The highest BCUT2D eigenvalue weighted by Gasteiger charge is 2.45. The van der Waals surface area contributed by atoms with Crippen molar-refractivity contribution in [2.24, 2.45) is 11.8 Å². The molecule has 1 aliphatic carbocycles. The lowest BCUT2D eigenvalue weighted by Gasteiger charge is -2.04. The van der Waals surface area contributed by atoms with Gasteiger partial charge in [0.1, 0.15) is 6.61 Å². The smallest absolute Gasteiger partial charge is 0.309 e. The Hall–Kier alpha value is -1.84. The van der Waals surface area contributed by atoms with Gasteiger partial charge in [-0.05, 0) is 24.8 Å². The molecule has 1 aliphatic rings. The highest BCUT2D eigenvalue weighted by atomic mass is 16.5. The molecule has 0 N–H and O–H groups in total. The number of benzene rings is 1. The average Bonchev–Trinajstić information content (AvgIpc) is 3.17. The van der Waals surface area contributed by atoms with Crippen LogP contribution in [0, 0.1) is 11.8 Å². The van der Waals surface area contributed by atoms with Crippen molar-refractivity contribution in [2.45, 2.75) is 26.4 Å². The molecule has 0 spiro atoms. The van der Waals surface area contributed by atoms with Crippen molar-refractivity contribution in [2.75, 3.05) is 6.61 Å². The normalized spacial score (nSPS) is 20.7. The molecule has 0 amide bonds. The van der Waals surface area contributed by atoms with E-state index in [4.69, 9.17) is 9.47 Å². The first-order valence-electron chi connectivity index (χ1n) is 6.57. The van der Waals surface area contributed by atoms with Crippen LogP contribution in [0.3, 0.4) is 0 Å². The number of hydrogen-bond donors (Lipinski definition) is 0. The molecule has 102 valence electrons. The largest absolute Gasteiger partial charge is 0.466 e. The van der Waals surface area contributed by atoms with E-state index in [0.29, 0.717) is 13.0 Å². The number of ether oxygens (including phenoxy) is 2. The summed E-state index contributed by atoms with van der Waals surface area (Å²) in [4.78, 5) is 23.0. The molecule has 1 fully saturated rings. The summed E-state index contributed by atoms with van der Waals surface area (Å²) in [7, 11) is 0. The molecule has 2 atom stereocenters. The molecule has 0 bridgehead atoms. The maximum Gasteiger partial charge on any atom is 0.309 e. The molecule has 1 aromatic carbocycles. The van der Waals surface area contributed by atoms with Crippen LogP contribution in [0.5, 0.6) is 0 Å². The zero-order chi connectivity index (χ0) is 13.7. The fraction of sp³-hybridized carbons (Fsp3) is 0.467. The minimum Gasteiger partial charge on any atom is -0.466 e. The Morgan fingerprint density at radius 3 is 2.63 bits per heavy atom. The summed E-state index contributed by atoms with van der Waals surface area (Å²) in [5.74, 6) is -0.449. The standard InChI is InChI=1S/C15H18O4/c1-2-18-15(17)13-8-12(13)9-14(16)19-10-11-6-4-3-5-7-11/h3-7,12-13H,2,8-10H2,1H3/t12-,13+/m1/s1. The second-order valence-corrected chi connectivity index (χ2v) is 4.70. The maximum absolute atomic E-state index is 11.6. The van der Waals surface area contributed by atoms with Gasteiger partial charge in [-0.3, -0.25) is 9.59 Å². The van der Waals surface area contributed by atoms with Crippen LogP contribution in [0.15, 0.2) is 30.3 Å². The van der Waals surface area contributed by atoms with Crippen molar-refractivity contribution >= 4 is 11.9 Å². The summed E-state index contributed by atoms with van der Waals surface area (Å²) in [6.07, 6.45) is 1.04. The topological polar surface area (TPSA) is 52.6 Å². The Balaban J connectivity index is 1.68. The zero-order valence-corrected chi connectivity index (χ0v) is 11.0. The van der Waals surface area contributed by atoms with E-state index in [1.54, 1.807) is 6.92 Å². The van der Waals surface area contributed by atoms with Crippen molar-refractivity contribution < 1.29 is 19.1 Å². The molecule has 1 saturated carbocycles. The third-order valence-corrected chi connectivity index (χ3v) is 3.18. The van der Waals surface area contributed by atoms with Crippen LogP contribution in [-0.4, -0.2) is 18.5 Å². The molecule has 0 aromatic heterocycles. The SMILES string of the molecule is CCOC(=O)[C@H]1C[C@@H]1CC(=O)OCc1ccccc1. The van der Waals surface area contributed by atoms with Gasteiger partial charge in [0.05, 0.1) is 12.5 Å². The zero-order valence-electron chi connectivity index (χ0n) is 11.0. The summed E-state index contributed by atoms with van der Waals surface area (Å²) in [5.41, 5.74) is 0.966. The lowest BCUT2D eigenvalue weighted by molar-refractivity contribution is -0.146. The molecule has 4 heteroatoms. The summed E-state index contributed by atoms with van der Waals surface area (Å²) in [5, 5.41) is 0. The molecular weight excluding hydrogens is 244 g/mol. The van der Waals surface area contributed by atoms with Crippen LogP contribution in [0.4, 0.5) is 0 Å². The Bertz CT molecular complexity index is 441. The molecule has 0 saturated heterocycles. The molecular formula is C15H18O4. The third-order valence-electron chi connectivity index (χ3n) is 3.18. The average molecular weight is 262 g/mol. The van der Waals surface area contributed by atoms with Crippen LogP contribution in [-0.2, 0) is 25.7 Å². The summed E-state index contributed by atoms with van der Waals surface area (Å²) in [6, 6.07) is 9.54. The minimum atomic E-state index is -0.249. The maximum atomic E-state index is 11.6. The number of carbonyl (C=O) groups excluding carboxylic acids is 2. The molecule has 0 radical (unpaired) electrons. The first kappa shape index (κ1) is 13.6. The lowest BCUT2D eigenvalue weighted by atomic mass is 10.2. The van der Waals surface area contributed by atoms with Gasteiger partial charge in [-0.1, -0.05) is 30.3 Å². The summed E-state index contributed by atoms with van der Waals surface area (Å²) < 4.78 is 10.1. The highest BCUT2D eigenvalue weighted by Crippen LogP contribution is 2.42. The van der Waals surface area contributed by atoms with E-state index in [0.717, 1.165) is 12.0 Å². The van der Waals surface area contributed by atoms with E-state index < -0.39 is 0 Å². The minimum absolute atomic E-state index is 0.0994. The second-order valence-electron chi connectivity index (χ2n) is 4.70. The Labute approximate surface area is 112 Å². The van der Waals surface area contributed by atoms with Crippen LogP contribution < -0.4 is 0 Å². The lowest BCUT2D eigenvalue weighted by Crippen LogP contribution is -2.10. The van der Waals surface area contributed by atoms with Crippen LogP contribution in [0.2, 0.25) is 0 Å². The van der Waals surface area contributed by atoms with Crippen molar-refractivity contribution in [1.82, 2.24) is 0 Å². The van der Waals surface area contributed by atoms with Gasteiger partial charge >= 0.3 is 11.9 Å². The van der Waals surface area contributed by atoms with Gasteiger partial charge in [0.15, 0.2) is 0 Å². The quantitative estimate of drug-likeness (QED) is 0.738. The molecule has 4 nitrogen and oxygen atoms in total. The fourth-order valence-corrected chi connectivity index (χ4v) is 2.02. The van der Waals surface area contributed by atoms with Crippen LogP contribution >= 0.6 is 0 Å². The number of hydrogen-bond acceptors (Lipinski definition) is 4. The fourth-order valence-electron chi connectivity index (χ4n) is 2.02. The van der Waals surface area contributed by atoms with Gasteiger partial charge in [-0.25, -0.2) is 0 Å². The first-order chi connectivity index (χ1) is 9.20.